The van der Waals surface area contributed by atoms with Crippen molar-refractivity contribution < 1.29 is 29.0 Å². The fraction of sp³-hybridized carbons (Fsp3) is 0.323. The van der Waals surface area contributed by atoms with Gasteiger partial charge in [0.25, 0.3) is 0 Å². The number of carboxylic acid groups (broad SMARTS) is 1. The molecule has 0 bridgehead atoms. The summed E-state index contributed by atoms with van der Waals surface area (Å²) >= 11 is 0. The van der Waals surface area contributed by atoms with Gasteiger partial charge in [-0.25, -0.2) is 9.59 Å². The third-order valence-corrected chi connectivity index (χ3v) is 6.96. The number of hydrogen-bond donors (Lipinski definition) is 3. The maximum atomic E-state index is 13.2. The largest absolute Gasteiger partial charge is 0.480 e. The molecule has 3 aromatic carbocycles. The Kier molecular flexibility index (Phi) is 8.99. The Morgan fingerprint density at radius 1 is 0.795 bits per heavy atom. The third-order valence-electron chi connectivity index (χ3n) is 6.96. The minimum Gasteiger partial charge on any atom is -0.480 e. The number of ether oxygens (including phenoxy) is 2. The molecule has 0 fully saturated rings. The number of carbonyl (C=O) groups is 3. The minimum atomic E-state index is -1.18. The molecule has 8 heteroatoms. The number of benzene rings is 3. The summed E-state index contributed by atoms with van der Waals surface area (Å²) in [4.78, 5) is 37.9. The van der Waals surface area contributed by atoms with Crippen LogP contribution in [0.1, 0.15) is 43.4 Å². The average Bonchev–Trinajstić information content (AvgIpc) is 3.26. The molecule has 204 valence electrons. The van der Waals surface area contributed by atoms with Crippen LogP contribution >= 0.6 is 0 Å². The summed E-state index contributed by atoms with van der Waals surface area (Å²) in [5, 5.41) is 14.7. The van der Waals surface area contributed by atoms with E-state index in [0.29, 0.717) is 0 Å². The molecule has 0 heterocycles. The standard InChI is InChI=1S/C31H34N2O6/c1-19(2)27(30(35)36)32-29(34)28(20(3)38-17-21-11-5-4-6-12-21)33-31(37)39-18-26-24-15-9-7-13-22(24)23-14-8-10-16-25(23)26/h4-16,19-20,26-28H,17-18H2,1-3H3,(H,32,34)(H,33,37)(H,35,36)/t20-,27+,28+/m0/s1. The van der Waals surface area contributed by atoms with Gasteiger partial charge >= 0.3 is 12.1 Å². The van der Waals surface area contributed by atoms with Gasteiger partial charge in [0, 0.05) is 5.92 Å². The van der Waals surface area contributed by atoms with Crippen LogP contribution in [0.25, 0.3) is 11.1 Å². The van der Waals surface area contributed by atoms with Crippen molar-refractivity contribution in [2.24, 2.45) is 5.92 Å². The van der Waals surface area contributed by atoms with Crippen molar-refractivity contribution in [3.8, 4) is 11.1 Å². The van der Waals surface area contributed by atoms with Gasteiger partial charge in [0.2, 0.25) is 5.91 Å². The number of hydrogen-bond acceptors (Lipinski definition) is 5. The second kappa shape index (κ2) is 12.6. The highest BCUT2D eigenvalue weighted by Crippen LogP contribution is 2.44. The van der Waals surface area contributed by atoms with Gasteiger partial charge in [-0.15, -0.1) is 0 Å². The van der Waals surface area contributed by atoms with Crippen LogP contribution in [0.4, 0.5) is 4.79 Å². The number of fused-ring (bicyclic) bond motifs is 3. The molecule has 0 saturated heterocycles. The van der Waals surface area contributed by atoms with Crippen LogP contribution in [-0.4, -0.2) is 47.9 Å². The van der Waals surface area contributed by atoms with Crippen LogP contribution in [-0.2, 0) is 25.7 Å². The molecule has 1 aliphatic rings. The highest BCUT2D eigenvalue weighted by Gasteiger charge is 2.34. The molecule has 0 aliphatic heterocycles. The molecular formula is C31H34N2O6. The van der Waals surface area contributed by atoms with Gasteiger partial charge in [-0.2, -0.15) is 0 Å². The lowest BCUT2D eigenvalue weighted by Gasteiger charge is -2.27. The molecule has 0 saturated carbocycles. The number of amides is 2. The lowest BCUT2D eigenvalue weighted by molar-refractivity contribution is -0.144. The van der Waals surface area contributed by atoms with Crippen LogP contribution in [0.15, 0.2) is 78.9 Å². The summed E-state index contributed by atoms with van der Waals surface area (Å²) in [5.41, 5.74) is 5.25. The first-order valence-electron chi connectivity index (χ1n) is 13.1. The predicted molar refractivity (Wildman–Crippen MR) is 147 cm³/mol. The molecule has 0 unspecified atom stereocenters. The second-order valence-electron chi connectivity index (χ2n) is 10.0. The smallest absolute Gasteiger partial charge is 0.407 e. The number of alkyl carbamates (subject to hydrolysis) is 1. The van der Waals surface area contributed by atoms with Gasteiger partial charge in [-0.1, -0.05) is 92.7 Å². The van der Waals surface area contributed by atoms with E-state index in [0.717, 1.165) is 27.8 Å². The van der Waals surface area contributed by atoms with E-state index in [9.17, 15) is 19.5 Å². The Morgan fingerprint density at radius 3 is 1.92 bits per heavy atom. The van der Waals surface area contributed by atoms with Gasteiger partial charge in [0.1, 0.15) is 18.7 Å². The van der Waals surface area contributed by atoms with Crippen LogP contribution < -0.4 is 10.6 Å². The summed E-state index contributed by atoms with van der Waals surface area (Å²) in [6.07, 6.45) is -1.56. The molecule has 0 aromatic heterocycles. The Morgan fingerprint density at radius 2 is 1.36 bits per heavy atom. The molecule has 4 rings (SSSR count). The maximum Gasteiger partial charge on any atom is 0.407 e. The van der Waals surface area contributed by atoms with E-state index in [2.05, 4.69) is 10.6 Å². The van der Waals surface area contributed by atoms with Gasteiger partial charge in [-0.3, -0.25) is 4.79 Å². The molecule has 3 aromatic rings. The zero-order valence-electron chi connectivity index (χ0n) is 22.3. The molecule has 1 aliphatic carbocycles. The predicted octanol–water partition coefficient (Wildman–Crippen LogP) is 4.72. The van der Waals surface area contributed by atoms with E-state index >= 15 is 0 Å². The maximum absolute atomic E-state index is 13.2. The first kappa shape index (κ1) is 27.9. The molecule has 3 N–H and O–H groups in total. The van der Waals surface area contributed by atoms with Crippen LogP contribution in [0.2, 0.25) is 0 Å². The quantitative estimate of drug-likeness (QED) is 0.331. The number of rotatable bonds is 11. The average molecular weight is 531 g/mol. The van der Waals surface area contributed by atoms with E-state index in [-0.39, 0.29) is 25.0 Å². The Hall–Kier alpha value is -4.17. The number of carbonyl (C=O) groups excluding carboxylic acids is 2. The Balaban J connectivity index is 1.46. The third kappa shape index (κ3) is 6.64. The summed E-state index contributed by atoms with van der Waals surface area (Å²) in [5.74, 6) is -2.32. The first-order valence-corrected chi connectivity index (χ1v) is 13.1. The van der Waals surface area contributed by atoms with E-state index in [1.807, 2.05) is 78.9 Å². The van der Waals surface area contributed by atoms with Crippen LogP contribution in [0.3, 0.4) is 0 Å². The fourth-order valence-corrected chi connectivity index (χ4v) is 4.82. The number of carboxylic acids is 1. The first-order chi connectivity index (χ1) is 18.8. The zero-order chi connectivity index (χ0) is 27.9. The normalized spacial score (nSPS) is 14.6. The second-order valence-corrected chi connectivity index (χ2v) is 10.0. The lowest BCUT2D eigenvalue weighted by atomic mass is 9.98. The summed E-state index contributed by atoms with van der Waals surface area (Å²) in [6, 6.07) is 23.1. The molecule has 0 spiro atoms. The van der Waals surface area contributed by atoms with Gasteiger partial charge in [-0.05, 0) is 40.7 Å². The van der Waals surface area contributed by atoms with E-state index in [1.165, 1.54) is 0 Å². The SMILES string of the molecule is CC(C)[C@@H](NC(=O)[C@H](NC(=O)OCC1c2ccccc2-c2ccccc21)[C@H](C)OCc1ccccc1)C(=O)O. The molecule has 3 atom stereocenters. The van der Waals surface area contributed by atoms with E-state index < -0.39 is 36.2 Å². The van der Waals surface area contributed by atoms with Crippen molar-refractivity contribution in [3.05, 3.63) is 95.6 Å². The van der Waals surface area contributed by atoms with Crippen molar-refractivity contribution >= 4 is 18.0 Å². The van der Waals surface area contributed by atoms with Gasteiger partial charge in [0.15, 0.2) is 0 Å². The molecule has 8 nitrogen and oxygen atoms in total. The zero-order valence-corrected chi connectivity index (χ0v) is 22.3. The monoisotopic (exact) mass is 530 g/mol. The van der Waals surface area contributed by atoms with E-state index in [1.54, 1.807) is 20.8 Å². The Bertz CT molecular complexity index is 1260. The summed E-state index contributed by atoms with van der Waals surface area (Å²) in [6.45, 7) is 5.34. The van der Waals surface area contributed by atoms with Crippen molar-refractivity contribution in [2.45, 2.75) is 51.5 Å². The molecule has 39 heavy (non-hydrogen) atoms. The number of aliphatic carboxylic acids is 1. The van der Waals surface area contributed by atoms with Gasteiger partial charge in [0.05, 0.1) is 12.7 Å². The fourth-order valence-electron chi connectivity index (χ4n) is 4.82. The topological polar surface area (TPSA) is 114 Å². The number of nitrogens with one attached hydrogen (secondary N) is 2. The molecule has 0 radical (unpaired) electrons. The highest BCUT2D eigenvalue weighted by atomic mass is 16.5. The summed E-state index contributed by atoms with van der Waals surface area (Å²) in [7, 11) is 0. The van der Waals surface area contributed by atoms with Crippen LogP contribution in [0, 0.1) is 5.92 Å². The van der Waals surface area contributed by atoms with Gasteiger partial charge < -0.3 is 25.2 Å². The molecule has 2 amide bonds. The van der Waals surface area contributed by atoms with E-state index in [4.69, 9.17) is 9.47 Å². The highest BCUT2D eigenvalue weighted by molar-refractivity contribution is 5.90. The van der Waals surface area contributed by atoms with Crippen molar-refractivity contribution in [1.82, 2.24) is 10.6 Å². The Labute approximate surface area is 228 Å². The van der Waals surface area contributed by atoms with Crippen molar-refractivity contribution in [2.75, 3.05) is 6.61 Å². The van der Waals surface area contributed by atoms with Crippen molar-refractivity contribution in [1.29, 1.82) is 0 Å². The minimum absolute atomic E-state index is 0.0806. The van der Waals surface area contributed by atoms with Crippen LogP contribution in [0.5, 0.6) is 0 Å². The summed E-state index contributed by atoms with van der Waals surface area (Å²) < 4.78 is 11.5. The van der Waals surface area contributed by atoms with Crippen molar-refractivity contribution in [3.63, 3.8) is 0 Å². The molecular weight excluding hydrogens is 496 g/mol. The lowest BCUT2D eigenvalue weighted by Crippen LogP contribution is -2.57.